The van der Waals surface area contributed by atoms with Crippen LogP contribution in [0.15, 0.2) is 29.1 Å². The summed E-state index contributed by atoms with van der Waals surface area (Å²) < 4.78 is 11.4. The van der Waals surface area contributed by atoms with E-state index in [1.807, 2.05) is 19.1 Å². The molecule has 0 unspecified atom stereocenters. The van der Waals surface area contributed by atoms with Crippen LogP contribution in [0.4, 0.5) is 0 Å². The first-order valence-corrected chi connectivity index (χ1v) is 8.06. The van der Waals surface area contributed by atoms with Gasteiger partial charge in [0.1, 0.15) is 12.4 Å². The minimum absolute atomic E-state index is 0.223. The lowest BCUT2D eigenvalue weighted by Gasteiger charge is -2.25. The molecule has 0 saturated carbocycles. The van der Waals surface area contributed by atoms with Gasteiger partial charge in [-0.3, -0.25) is 4.79 Å². The summed E-state index contributed by atoms with van der Waals surface area (Å²) in [6, 6.07) is 7.08. The SMILES string of the molecule is Cc1cc(OCc2ccc(=O)[nH]n2)c(C2CCOCC2)cc1Cl. The van der Waals surface area contributed by atoms with E-state index >= 15 is 0 Å². The normalized spacial score (nSPS) is 15.6. The largest absolute Gasteiger partial charge is 0.487 e. The fraction of sp³-hybridized carbons (Fsp3) is 0.412. The highest BCUT2D eigenvalue weighted by atomic mass is 35.5. The van der Waals surface area contributed by atoms with Crippen molar-refractivity contribution in [3.8, 4) is 5.75 Å². The molecule has 1 aliphatic heterocycles. The summed E-state index contributed by atoms with van der Waals surface area (Å²) in [5.41, 5.74) is 2.55. The van der Waals surface area contributed by atoms with Gasteiger partial charge in [-0.25, -0.2) is 5.10 Å². The van der Waals surface area contributed by atoms with Crippen molar-refractivity contribution in [2.75, 3.05) is 13.2 Å². The van der Waals surface area contributed by atoms with Gasteiger partial charge in [0, 0.05) is 24.3 Å². The third-order valence-electron chi connectivity index (χ3n) is 4.06. The summed E-state index contributed by atoms with van der Waals surface area (Å²) in [4.78, 5) is 11.1. The van der Waals surface area contributed by atoms with Gasteiger partial charge in [-0.1, -0.05) is 11.6 Å². The first kappa shape index (κ1) is 16.0. The van der Waals surface area contributed by atoms with E-state index in [0.717, 1.165) is 48.0 Å². The molecule has 0 aliphatic carbocycles. The Bertz CT molecular complexity index is 719. The lowest BCUT2D eigenvalue weighted by atomic mass is 9.90. The second-order valence-electron chi connectivity index (χ2n) is 5.73. The number of nitrogens with zero attached hydrogens (tertiary/aromatic N) is 1. The van der Waals surface area contributed by atoms with E-state index in [4.69, 9.17) is 21.1 Å². The Hall–Kier alpha value is -1.85. The van der Waals surface area contributed by atoms with Gasteiger partial charge in [-0.05, 0) is 55.0 Å². The lowest BCUT2D eigenvalue weighted by molar-refractivity contribution is 0.0845. The predicted octanol–water partition coefficient (Wildman–Crippen LogP) is 3.20. The zero-order chi connectivity index (χ0) is 16.2. The molecule has 1 aromatic carbocycles. The molecule has 5 nitrogen and oxygen atoms in total. The summed E-state index contributed by atoms with van der Waals surface area (Å²) in [5.74, 6) is 1.21. The summed E-state index contributed by atoms with van der Waals surface area (Å²) >= 11 is 6.30. The first-order chi connectivity index (χ1) is 11.1. The standard InChI is InChI=1S/C17H19ClN2O3/c1-11-8-16(23-10-13-2-3-17(21)20-19-13)14(9-15(11)18)12-4-6-22-7-5-12/h2-3,8-9,12H,4-7,10H2,1H3,(H,20,21). The van der Waals surface area contributed by atoms with Crippen LogP contribution in [0.3, 0.4) is 0 Å². The molecule has 0 radical (unpaired) electrons. The van der Waals surface area contributed by atoms with Crippen LogP contribution in [0.2, 0.25) is 5.02 Å². The van der Waals surface area contributed by atoms with Gasteiger partial charge in [0.2, 0.25) is 0 Å². The predicted molar refractivity (Wildman–Crippen MR) is 88.2 cm³/mol. The van der Waals surface area contributed by atoms with Crippen LogP contribution in [-0.2, 0) is 11.3 Å². The Morgan fingerprint density at radius 1 is 1.35 bits per heavy atom. The molecule has 122 valence electrons. The summed E-state index contributed by atoms with van der Waals surface area (Å²) in [7, 11) is 0. The van der Waals surface area contributed by atoms with E-state index in [1.54, 1.807) is 6.07 Å². The molecule has 2 aromatic rings. The fourth-order valence-corrected chi connectivity index (χ4v) is 2.90. The van der Waals surface area contributed by atoms with Crippen molar-refractivity contribution in [3.63, 3.8) is 0 Å². The second kappa shape index (κ2) is 7.15. The highest BCUT2D eigenvalue weighted by Gasteiger charge is 2.21. The number of halogens is 1. The molecule has 1 N–H and O–H groups in total. The van der Waals surface area contributed by atoms with Crippen LogP contribution >= 0.6 is 11.6 Å². The molecule has 0 bridgehead atoms. The van der Waals surface area contributed by atoms with Crippen LogP contribution < -0.4 is 10.3 Å². The molecule has 0 amide bonds. The third-order valence-corrected chi connectivity index (χ3v) is 4.47. The van der Waals surface area contributed by atoms with Crippen molar-refractivity contribution >= 4 is 11.6 Å². The molecule has 3 rings (SSSR count). The van der Waals surface area contributed by atoms with Crippen molar-refractivity contribution in [1.29, 1.82) is 0 Å². The van der Waals surface area contributed by atoms with Crippen LogP contribution in [0, 0.1) is 6.92 Å². The Morgan fingerprint density at radius 2 is 2.13 bits per heavy atom. The number of hydrogen-bond donors (Lipinski definition) is 1. The van der Waals surface area contributed by atoms with Gasteiger partial charge < -0.3 is 9.47 Å². The number of hydrogen-bond acceptors (Lipinski definition) is 4. The third kappa shape index (κ3) is 3.92. The molecular formula is C17H19ClN2O3. The highest BCUT2D eigenvalue weighted by molar-refractivity contribution is 6.31. The Kier molecular flexibility index (Phi) is 4.98. The van der Waals surface area contributed by atoms with E-state index in [9.17, 15) is 4.79 Å². The number of benzene rings is 1. The number of aromatic amines is 1. The molecule has 0 spiro atoms. The summed E-state index contributed by atoms with van der Waals surface area (Å²) in [6.45, 7) is 3.78. The molecule has 1 fully saturated rings. The van der Waals surface area contributed by atoms with Crippen molar-refractivity contribution in [2.45, 2.75) is 32.3 Å². The van der Waals surface area contributed by atoms with Crippen LogP contribution in [0.25, 0.3) is 0 Å². The van der Waals surface area contributed by atoms with E-state index in [1.165, 1.54) is 6.07 Å². The van der Waals surface area contributed by atoms with Crippen molar-refractivity contribution in [3.05, 3.63) is 56.5 Å². The summed E-state index contributed by atoms with van der Waals surface area (Å²) in [5, 5.41) is 7.13. The van der Waals surface area contributed by atoms with E-state index in [-0.39, 0.29) is 5.56 Å². The van der Waals surface area contributed by atoms with Gasteiger partial charge in [0.05, 0.1) is 5.69 Å². The number of rotatable bonds is 4. The molecule has 2 heterocycles. The molecule has 23 heavy (non-hydrogen) atoms. The monoisotopic (exact) mass is 334 g/mol. The van der Waals surface area contributed by atoms with Gasteiger partial charge in [-0.2, -0.15) is 5.10 Å². The molecule has 6 heteroatoms. The van der Waals surface area contributed by atoms with E-state index in [2.05, 4.69) is 10.2 Å². The number of aryl methyl sites for hydroxylation is 1. The zero-order valence-electron chi connectivity index (χ0n) is 13.0. The zero-order valence-corrected chi connectivity index (χ0v) is 13.7. The minimum Gasteiger partial charge on any atom is -0.487 e. The highest BCUT2D eigenvalue weighted by Crippen LogP contribution is 2.37. The summed E-state index contributed by atoms with van der Waals surface area (Å²) in [6.07, 6.45) is 1.93. The van der Waals surface area contributed by atoms with Crippen molar-refractivity contribution in [2.24, 2.45) is 0 Å². The van der Waals surface area contributed by atoms with Gasteiger partial charge >= 0.3 is 0 Å². The first-order valence-electron chi connectivity index (χ1n) is 7.68. The number of ether oxygens (including phenoxy) is 2. The number of H-pyrrole nitrogens is 1. The minimum atomic E-state index is -0.223. The average Bonchev–Trinajstić information content (AvgIpc) is 2.58. The fourth-order valence-electron chi connectivity index (χ4n) is 2.73. The van der Waals surface area contributed by atoms with Crippen LogP contribution in [-0.4, -0.2) is 23.4 Å². The van der Waals surface area contributed by atoms with Crippen molar-refractivity contribution < 1.29 is 9.47 Å². The molecular weight excluding hydrogens is 316 g/mol. The second-order valence-corrected chi connectivity index (χ2v) is 6.13. The van der Waals surface area contributed by atoms with E-state index in [0.29, 0.717) is 18.2 Å². The van der Waals surface area contributed by atoms with E-state index < -0.39 is 0 Å². The molecule has 1 aliphatic rings. The quantitative estimate of drug-likeness (QED) is 0.932. The lowest BCUT2D eigenvalue weighted by Crippen LogP contribution is -2.15. The maximum absolute atomic E-state index is 11.1. The van der Waals surface area contributed by atoms with Crippen LogP contribution in [0.1, 0.15) is 35.6 Å². The van der Waals surface area contributed by atoms with Gasteiger partial charge in [-0.15, -0.1) is 0 Å². The van der Waals surface area contributed by atoms with Gasteiger partial charge in [0.15, 0.2) is 0 Å². The Balaban J connectivity index is 1.82. The van der Waals surface area contributed by atoms with Gasteiger partial charge in [0.25, 0.3) is 5.56 Å². The number of nitrogens with one attached hydrogen (secondary N) is 1. The Morgan fingerprint density at radius 3 is 2.83 bits per heavy atom. The smallest absolute Gasteiger partial charge is 0.264 e. The van der Waals surface area contributed by atoms with Crippen molar-refractivity contribution in [1.82, 2.24) is 10.2 Å². The molecule has 1 aromatic heterocycles. The Labute approximate surface area is 139 Å². The maximum Gasteiger partial charge on any atom is 0.264 e. The average molecular weight is 335 g/mol. The topological polar surface area (TPSA) is 64.2 Å². The maximum atomic E-state index is 11.1. The molecule has 1 saturated heterocycles. The number of aromatic nitrogens is 2. The van der Waals surface area contributed by atoms with Crippen LogP contribution in [0.5, 0.6) is 5.75 Å². The molecule has 0 atom stereocenters.